The van der Waals surface area contributed by atoms with E-state index in [0.29, 0.717) is 6.54 Å². The third-order valence-electron chi connectivity index (χ3n) is 3.74. The molecule has 1 aliphatic rings. The van der Waals surface area contributed by atoms with Gasteiger partial charge >= 0.3 is 6.03 Å². The van der Waals surface area contributed by atoms with Gasteiger partial charge in [0, 0.05) is 58.1 Å². The minimum absolute atomic E-state index is 0.0929. The van der Waals surface area contributed by atoms with Crippen LogP contribution in [-0.4, -0.2) is 68.9 Å². The van der Waals surface area contributed by atoms with E-state index in [-0.39, 0.29) is 12.1 Å². The number of pyridine rings is 1. The number of nitrogens with zero attached hydrogens (tertiary/aromatic N) is 3. The lowest BCUT2D eigenvalue weighted by Gasteiger charge is -2.29. The molecular weight excluding hydrogens is 294 g/mol. The molecule has 0 radical (unpaired) electrons. The first kappa shape index (κ1) is 17.5. The maximum Gasteiger partial charge on any atom is 0.315 e. The van der Waals surface area contributed by atoms with Gasteiger partial charge in [-0.2, -0.15) is 0 Å². The zero-order valence-electron chi connectivity index (χ0n) is 14.2. The molecule has 0 aliphatic carbocycles. The fourth-order valence-electron chi connectivity index (χ4n) is 2.64. The van der Waals surface area contributed by atoms with Crippen molar-refractivity contribution in [2.24, 2.45) is 0 Å². The van der Waals surface area contributed by atoms with Gasteiger partial charge in [-0.1, -0.05) is 6.07 Å². The summed E-state index contributed by atoms with van der Waals surface area (Å²) in [6, 6.07) is 3.79. The molecule has 0 aromatic carbocycles. The van der Waals surface area contributed by atoms with Crippen molar-refractivity contribution in [1.29, 1.82) is 0 Å². The molecule has 1 aromatic rings. The van der Waals surface area contributed by atoms with E-state index >= 15 is 0 Å². The molecule has 23 heavy (non-hydrogen) atoms. The Bertz CT molecular complexity index is 503. The van der Waals surface area contributed by atoms with Crippen LogP contribution in [0.5, 0.6) is 0 Å². The lowest BCUT2D eigenvalue weighted by atomic mass is 10.2. The smallest absolute Gasteiger partial charge is 0.315 e. The Labute approximate surface area is 138 Å². The van der Waals surface area contributed by atoms with Crippen LogP contribution in [0.4, 0.5) is 10.6 Å². The van der Waals surface area contributed by atoms with Gasteiger partial charge in [0.2, 0.25) is 0 Å². The predicted octanol–water partition coefficient (Wildman–Crippen LogP) is 0.668. The Balaban J connectivity index is 1.76. The Kier molecular flexibility index (Phi) is 6.61. The number of morpholine rings is 1. The standard InChI is InChI=1S/C16H27N5O2/c1-13(12-21-7-9-23-10-8-21)19-16(22)18-11-14-5-4-6-17-15(14)20(2)3/h4-6,13H,7-12H2,1-3H3,(H2,18,19,22)/t13-/m1/s1. The lowest BCUT2D eigenvalue weighted by Crippen LogP contribution is -2.48. The second kappa shape index (κ2) is 8.69. The zero-order chi connectivity index (χ0) is 16.7. The molecule has 1 atom stereocenters. The van der Waals surface area contributed by atoms with Crippen LogP contribution >= 0.6 is 0 Å². The van der Waals surface area contributed by atoms with Crippen molar-refractivity contribution in [2.45, 2.75) is 19.5 Å². The summed E-state index contributed by atoms with van der Waals surface area (Å²) in [5, 5.41) is 5.88. The number of anilines is 1. The summed E-state index contributed by atoms with van der Waals surface area (Å²) < 4.78 is 5.33. The molecule has 7 heteroatoms. The summed E-state index contributed by atoms with van der Waals surface area (Å²) in [5.74, 6) is 0.870. The molecule has 1 fully saturated rings. The average molecular weight is 321 g/mol. The molecule has 1 saturated heterocycles. The highest BCUT2D eigenvalue weighted by Gasteiger charge is 2.15. The Morgan fingerprint density at radius 1 is 1.43 bits per heavy atom. The number of carbonyl (C=O) groups excluding carboxylic acids is 1. The van der Waals surface area contributed by atoms with E-state index < -0.39 is 0 Å². The Hall–Kier alpha value is -1.86. The number of rotatable bonds is 6. The largest absolute Gasteiger partial charge is 0.379 e. The van der Waals surface area contributed by atoms with Crippen LogP contribution < -0.4 is 15.5 Å². The molecule has 1 aromatic heterocycles. The van der Waals surface area contributed by atoms with Crippen LogP contribution in [0.3, 0.4) is 0 Å². The second-order valence-corrected chi connectivity index (χ2v) is 6.02. The van der Waals surface area contributed by atoms with E-state index in [9.17, 15) is 4.79 Å². The SMILES string of the molecule is C[C@H](CN1CCOCC1)NC(=O)NCc1cccnc1N(C)C. The predicted molar refractivity (Wildman–Crippen MR) is 90.7 cm³/mol. The van der Waals surface area contributed by atoms with Crippen molar-refractivity contribution in [3.05, 3.63) is 23.9 Å². The number of ether oxygens (including phenoxy) is 1. The molecule has 7 nitrogen and oxygen atoms in total. The number of aromatic nitrogens is 1. The molecule has 1 aliphatic heterocycles. The van der Waals surface area contributed by atoms with Crippen molar-refractivity contribution in [2.75, 3.05) is 51.8 Å². The highest BCUT2D eigenvalue weighted by Crippen LogP contribution is 2.13. The summed E-state index contributed by atoms with van der Waals surface area (Å²) in [4.78, 5) is 20.6. The van der Waals surface area contributed by atoms with Gasteiger partial charge in [-0.15, -0.1) is 0 Å². The van der Waals surface area contributed by atoms with Gasteiger partial charge in [0.25, 0.3) is 0 Å². The van der Waals surface area contributed by atoms with Crippen LogP contribution in [0.25, 0.3) is 0 Å². The first-order valence-electron chi connectivity index (χ1n) is 8.02. The number of carbonyl (C=O) groups is 1. The quantitative estimate of drug-likeness (QED) is 0.806. The highest BCUT2D eigenvalue weighted by molar-refractivity contribution is 5.74. The van der Waals surface area contributed by atoms with E-state index in [2.05, 4.69) is 20.5 Å². The number of amides is 2. The number of hydrogen-bond donors (Lipinski definition) is 2. The van der Waals surface area contributed by atoms with Crippen molar-refractivity contribution >= 4 is 11.8 Å². The van der Waals surface area contributed by atoms with Gasteiger partial charge in [0.05, 0.1) is 13.2 Å². The summed E-state index contributed by atoms with van der Waals surface area (Å²) >= 11 is 0. The topological polar surface area (TPSA) is 69.7 Å². The number of nitrogens with one attached hydrogen (secondary N) is 2. The molecule has 0 spiro atoms. The molecule has 2 N–H and O–H groups in total. The van der Waals surface area contributed by atoms with Crippen LogP contribution in [0, 0.1) is 0 Å². The first-order chi connectivity index (χ1) is 11.1. The molecule has 0 saturated carbocycles. The summed E-state index contributed by atoms with van der Waals surface area (Å²) in [5.41, 5.74) is 0.994. The van der Waals surface area contributed by atoms with Gasteiger partial charge in [-0.3, -0.25) is 4.90 Å². The fourth-order valence-corrected chi connectivity index (χ4v) is 2.64. The summed E-state index contributed by atoms with van der Waals surface area (Å²) in [7, 11) is 3.88. The lowest BCUT2D eigenvalue weighted by molar-refractivity contribution is 0.0349. The van der Waals surface area contributed by atoms with E-state index in [1.807, 2.05) is 38.1 Å². The van der Waals surface area contributed by atoms with Gasteiger partial charge < -0.3 is 20.3 Å². The molecule has 2 heterocycles. The van der Waals surface area contributed by atoms with Crippen molar-refractivity contribution in [3.63, 3.8) is 0 Å². The molecule has 2 amide bonds. The summed E-state index contributed by atoms with van der Waals surface area (Å²) in [6.45, 7) is 6.71. The van der Waals surface area contributed by atoms with E-state index in [4.69, 9.17) is 4.74 Å². The maximum atomic E-state index is 12.1. The van der Waals surface area contributed by atoms with Crippen LogP contribution in [-0.2, 0) is 11.3 Å². The molecular formula is C16H27N5O2. The van der Waals surface area contributed by atoms with E-state index in [0.717, 1.165) is 44.2 Å². The number of hydrogen-bond acceptors (Lipinski definition) is 5. The van der Waals surface area contributed by atoms with Crippen molar-refractivity contribution in [1.82, 2.24) is 20.5 Å². The molecule has 0 unspecified atom stereocenters. The Morgan fingerprint density at radius 2 is 2.17 bits per heavy atom. The van der Waals surface area contributed by atoms with Crippen molar-refractivity contribution in [3.8, 4) is 0 Å². The second-order valence-electron chi connectivity index (χ2n) is 6.02. The van der Waals surface area contributed by atoms with Gasteiger partial charge in [-0.25, -0.2) is 9.78 Å². The Morgan fingerprint density at radius 3 is 2.87 bits per heavy atom. The minimum Gasteiger partial charge on any atom is -0.379 e. The highest BCUT2D eigenvalue weighted by atomic mass is 16.5. The van der Waals surface area contributed by atoms with Crippen LogP contribution in [0.1, 0.15) is 12.5 Å². The average Bonchev–Trinajstić information content (AvgIpc) is 2.54. The van der Waals surface area contributed by atoms with Crippen LogP contribution in [0.15, 0.2) is 18.3 Å². The monoisotopic (exact) mass is 321 g/mol. The summed E-state index contributed by atoms with van der Waals surface area (Å²) in [6.07, 6.45) is 1.75. The van der Waals surface area contributed by atoms with Gasteiger partial charge in [-0.05, 0) is 13.0 Å². The maximum absolute atomic E-state index is 12.1. The van der Waals surface area contributed by atoms with Gasteiger partial charge in [0.1, 0.15) is 5.82 Å². The third kappa shape index (κ3) is 5.69. The van der Waals surface area contributed by atoms with Crippen LogP contribution in [0.2, 0.25) is 0 Å². The van der Waals surface area contributed by atoms with Crippen molar-refractivity contribution < 1.29 is 9.53 Å². The first-order valence-corrected chi connectivity index (χ1v) is 8.02. The normalized spacial score (nSPS) is 16.7. The molecule has 2 rings (SSSR count). The fraction of sp³-hybridized carbons (Fsp3) is 0.625. The minimum atomic E-state index is -0.153. The van der Waals surface area contributed by atoms with E-state index in [1.54, 1.807) is 6.20 Å². The van der Waals surface area contributed by atoms with E-state index in [1.165, 1.54) is 0 Å². The zero-order valence-corrected chi connectivity index (χ0v) is 14.2. The molecule has 128 valence electrons. The van der Waals surface area contributed by atoms with Gasteiger partial charge in [0.15, 0.2) is 0 Å². The third-order valence-corrected chi connectivity index (χ3v) is 3.74. The number of urea groups is 1. The molecule has 0 bridgehead atoms.